The molecule has 1 amide bonds. The van der Waals surface area contributed by atoms with Crippen LogP contribution in [0.1, 0.15) is 28.8 Å². The van der Waals surface area contributed by atoms with E-state index in [2.05, 4.69) is 22.5 Å². The SMILES string of the molecule is C=CCOc1ccc(CN(CC2CCCO2)C(=O)c2cc(Br)ccc2O)cc1OC. The summed E-state index contributed by atoms with van der Waals surface area (Å²) in [6.07, 6.45) is 3.55. The van der Waals surface area contributed by atoms with Crippen molar-refractivity contribution in [2.45, 2.75) is 25.5 Å². The lowest BCUT2D eigenvalue weighted by molar-refractivity contribution is 0.0505. The summed E-state index contributed by atoms with van der Waals surface area (Å²) in [6.45, 7) is 5.53. The Morgan fingerprint density at radius 2 is 2.17 bits per heavy atom. The van der Waals surface area contributed by atoms with Crippen molar-refractivity contribution in [3.63, 3.8) is 0 Å². The molecule has 3 rings (SSSR count). The van der Waals surface area contributed by atoms with Crippen LogP contribution in [0.2, 0.25) is 0 Å². The maximum absolute atomic E-state index is 13.3. The van der Waals surface area contributed by atoms with Crippen LogP contribution in [-0.4, -0.2) is 48.9 Å². The van der Waals surface area contributed by atoms with E-state index in [0.717, 1.165) is 22.9 Å². The highest BCUT2D eigenvalue weighted by molar-refractivity contribution is 9.10. The maximum Gasteiger partial charge on any atom is 0.258 e. The summed E-state index contributed by atoms with van der Waals surface area (Å²) in [6, 6.07) is 10.4. The molecule has 1 aliphatic rings. The molecule has 0 saturated carbocycles. The minimum absolute atomic E-state index is 0.0136. The van der Waals surface area contributed by atoms with Gasteiger partial charge in [-0.2, -0.15) is 0 Å². The number of ether oxygens (including phenoxy) is 3. The molecule has 1 fully saturated rings. The van der Waals surface area contributed by atoms with E-state index in [1.807, 2.05) is 18.2 Å². The highest BCUT2D eigenvalue weighted by atomic mass is 79.9. The van der Waals surface area contributed by atoms with Gasteiger partial charge in [0.05, 0.1) is 18.8 Å². The molecule has 1 unspecified atom stereocenters. The van der Waals surface area contributed by atoms with Gasteiger partial charge in [-0.1, -0.05) is 34.7 Å². The molecule has 0 spiro atoms. The summed E-state index contributed by atoms with van der Waals surface area (Å²) in [5, 5.41) is 10.2. The number of phenolic OH excluding ortho intramolecular Hbond substituents is 1. The van der Waals surface area contributed by atoms with Crippen LogP contribution in [-0.2, 0) is 11.3 Å². The number of benzene rings is 2. The van der Waals surface area contributed by atoms with Crippen molar-refractivity contribution in [3.05, 3.63) is 64.7 Å². The van der Waals surface area contributed by atoms with Gasteiger partial charge in [0.15, 0.2) is 11.5 Å². The first-order valence-corrected chi connectivity index (χ1v) is 10.6. The zero-order chi connectivity index (χ0) is 21.5. The first kappa shape index (κ1) is 22.2. The van der Waals surface area contributed by atoms with E-state index >= 15 is 0 Å². The average molecular weight is 476 g/mol. The van der Waals surface area contributed by atoms with Gasteiger partial charge in [0.2, 0.25) is 0 Å². The molecule has 7 heteroatoms. The Morgan fingerprint density at radius 3 is 2.87 bits per heavy atom. The Balaban J connectivity index is 1.86. The number of nitrogens with zero attached hydrogens (tertiary/aromatic N) is 1. The molecule has 1 N–H and O–H groups in total. The fourth-order valence-electron chi connectivity index (χ4n) is 3.40. The molecule has 1 saturated heterocycles. The number of phenols is 1. The van der Waals surface area contributed by atoms with Gasteiger partial charge >= 0.3 is 0 Å². The lowest BCUT2D eigenvalue weighted by Crippen LogP contribution is -2.37. The Hall–Kier alpha value is -2.51. The van der Waals surface area contributed by atoms with E-state index < -0.39 is 0 Å². The summed E-state index contributed by atoms with van der Waals surface area (Å²) in [5.41, 5.74) is 1.14. The Kier molecular flexibility index (Phi) is 7.76. The van der Waals surface area contributed by atoms with Crippen molar-refractivity contribution in [1.82, 2.24) is 4.90 Å². The average Bonchev–Trinajstić information content (AvgIpc) is 3.26. The highest BCUT2D eigenvalue weighted by Crippen LogP contribution is 2.30. The number of halogens is 1. The molecule has 0 aliphatic carbocycles. The van der Waals surface area contributed by atoms with Crippen LogP contribution < -0.4 is 9.47 Å². The van der Waals surface area contributed by atoms with E-state index in [1.165, 1.54) is 6.07 Å². The zero-order valence-electron chi connectivity index (χ0n) is 17.0. The highest BCUT2D eigenvalue weighted by Gasteiger charge is 2.25. The molecule has 2 aromatic carbocycles. The van der Waals surface area contributed by atoms with Crippen LogP contribution in [0.4, 0.5) is 0 Å². The van der Waals surface area contributed by atoms with Crippen molar-refractivity contribution in [2.75, 3.05) is 26.9 Å². The van der Waals surface area contributed by atoms with Gasteiger partial charge in [0.25, 0.3) is 5.91 Å². The van der Waals surface area contributed by atoms with Crippen LogP contribution in [0.15, 0.2) is 53.5 Å². The van der Waals surface area contributed by atoms with E-state index in [-0.39, 0.29) is 23.3 Å². The van der Waals surface area contributed by atoms with Crippen molar-refractivity contribution in [1.29, 1.82) is 0 Å². The Morgan fingerprint density at radius 1 is 1.33 bits per heavy atom. The first-order valence-electron chi connectivity index (χ1n) is 9.81. The molecule has 30 heavy (non-hydrogen) atoms. The van der Waals surface area contributed by atoms with Crippen LogP contribution in [0, 0.1) is 0 Å². The quantitative estimate of drug-likeness (QED) is 0.538. The third-order valence-electron chi connectivity index (χ3n) is 4.88. The standard InChI is InChI=1S/C23H26BrNO5/c1-3-10-30-21-9-6-16(12-22(21)28-2)14-25(15-18-5-4-11-29-18)23(27)19-13-17(24)7-8-20(19)26/h3,6-9,12-13,18,26H,1,4-5,10-11,14-15H2,2H3. The monoisotopic (exact) mass is 475 g/mol. The maximum atomic E-state index is 13.3. The molecule has 0 radical (unpaired) electrons. The van der Waals surface area contributed by atoms with Gasteiger partial charge < -0.3 is 24.2 Å². The van der Waals surface area contributed by atoms with Crippen LogP contribution >= 0.6 is 15.9 Å². The molecular weight excluding hydrogens is 450 g/mol. The lowest BCUT2D eigenvalue weighted by Gasteiger charge is -2.26. The number of amides is 1. The van der Waals surface area contributed by atoms with Crippen LogP contribution in [0.25, 0.3) is 0 Å². The summed E-state index contributed by atoms with van der Waals surface area (Å²) < 4.78 is 17.5. The molecule has 1 heterocycles. The second-order valence-corrected chi connectivity index (χ2v) is 7.98. The molecule has 160 valence electrons. The number of carbonyl (C=O) groups is 1. The minimum atomic E-state index is -0.254. The van der Waals surface area contributed by atoms with Gasteiger partial charge in [-0.15, -0.1) is 0 Å². The number of rotatable bonds is 9. The predicted molar refractivity (Wildman–Crippen MR) is 118 cm³/mol. The topological polar surface area (TPSA) is 68.2 Å². The number of methoxy groups -OCH3 is 1. The molecule has 1 aliphatic heterocycles. The van der Waals surface area contributed by atoms with Gasteiger partial charge in [-0.25, -0.2) is 0 Å². The van der Waals surface area contributed by atoms with Crippen molar-refractivity contribution >= 4 is 21.8 Å². The fraction of sp³-hybridized carbons (Fsp3) is 0.348. The van der Waals surface area contributed by atoms with Crippen molar-refractivity contribution in [3.8, 4) is 17.2 Å². The second kappa shape index (κ2) is 10.5. The molecule has 0 bridgehead atoms. The molecule has 1 atom stereocenters. The number of hydrogen-bond donors (Lipinski definition) is 1. The van der Waals surface area contributed by atoms with E-state index in [0.29, 0.717) is 37.8 Å². The Bertz CT molecular complexity index is 895. The predicted octanol–water partition coefficient (Wildman–Crippen LogP) is 4.55. The van der Waals surface area contributed by atoms with Gasteiger partial charge in [0.1, 0.15) is 12.4 Å². The third-order valence-corrected chi connectivity index (χ3v) is 5.38. The van der Waals surface area contributed by atoms with Gasteiger partial charge in [-0.3, -0.25) is 4.79 Å². The zero-order valence-corrected chi connectivity index (χ0v) is 18.6. The van der Waals surface area contributed by atoms with Crippen molar-refractivity contribution < 1.29 is 24.1 Å². The molecule has 2 aromatic rings. The molecule has 0 aromatic heterocycles. The first-order chi connectivity index (χ1) is 14.5. The van der Waals surface area contributed by atoms with Gasteiger partial charge in [0, 0.05) is 24.2 Å². The minimum Gasteiger partial charge on any atom is -0.507 e. The smallest absolute Gasteiger partial charge is 0.258 e. The Labute approximate surface area is 185 Å². The molecule has 6 nitrogen and oxygen atoms in total. The molecular formula is C23H26BrNO5. The second-order valence-electron chi connectivity index (χ2n) is 7.07. The summed E-state index contributed by atoms with van der Waals surface area (Å²) in [4.78, 5) is 15.0. The van der Waals surface area contributed by atoms with Crippen LogP contribution in [0.3, 0.4) is 0 Å². The number of carbonyl (C=O) groups excluding carboxylic acids is 1. The van der Waals surface area contributed by atoms with E-state index in [9.17, 15) is 9.90 Å². The van der Waals surface area contributed by atoms with Crippen LogP contribution in [0.5, 0.6) is 17.2 Å². The third kappa shape index (κ3) is 5.55. The van der Waals surface area contributed by atoms with Gasteiger partial charge in [-0.05, 0) is 48.7 Å². The fourth-order valence-corrected chi connectivity index (χ4v) is 3.76. The normalized spacial score (nSPS) is 15.6. The summed E-state index contributed by atoms with van der Waals surface area (Å²) >= 11 is 3.37. The number of aromatic hydroxyl groups is 1. The largest absolute Gasteiger partial charge is 0.507 e. The number of hydrogen-bond acceptors (Lipinski definition) is 5. The summed E-state index contributed by atoms with van der Waals surface area (Å²) in [7, 11) is 1.58. The van der Waals surface area contributed by atoms with E-state index in [1.54, 1.807) is 30.2 Å². The summed E-state index contributed by atoms with van der Waals surface area (Å²) in [5.74, 6) is 0.897. The van der Waals surface area contributed by atoms with Crippen molar-refractivity contribution in [2.24, 2.45) is 0 Å². The van der Waals surface area contributed by atoms with E-state index in [4.69, 9.17) is 14.2 Å². The lowest BCUT2D eigenvalue weighted by atomic mass is 10.1.